The van der Waals surface area contributed by atoms with Crippen LogP contribution in [0.5, 0.6) is 0 Å². The summed E-state index contributed by atoms with van der Waals surface area (Å²) in [6.45, 7) is 6.71. The second-order valence-corrected chi connectivity index (χ2v) is 25.2. The number of allylic oxidation sites excluding steroid dienone is 4. The van der Waals surface area contributed by atoms with E-state index in [4.69, 9.17) is 14.2 Å². The zero-order valence-electron chi connectivity index (χ0n) is 55.1. The van der Waals surface area contributed by atoms with E-state index in [1.807, 2.05) is 0 Å². The summed E-state index contributed by atoms with van der Waals surface area (Å²) in [5.74, 6) is -0.833. The maximum absolute atomic E-state index is 13.0. The lowest BCUT2D eigenvalue weighted by Gasteiger charge is -2.18. The monoisotopic (exact) mass is 1140 g/mol. The van der Waals surface area contributed by atoms with Crippen LogP contribution in [0.4, 0.5) is 0 Å². The van der Waals surface area contributed by atoms with Crippen molar-refractivity contribution in [2.75, 3.05) is 13.2 Å². The number of ether oxygens (including phenoxy) is 3. The Hall–Kier alpha value is -2.11. The Morgan fingerprint density at radius 1 is 0.235 bits per heavy atom. The molecule has 6 nitrogen and oxygen atoms in total. The van der Waals surface area contributed by atoms with Crippen LogP contribution in [0.15, 0.2) is 24.3 Å². The average molecular weight is 1140 g/mol. The van der Waals surface area contributed by atoms with Crippen LogP contribution in [-0.4, -0.2) is 37.2 Å². The van der Waals surface area contributed by atoms with E-state index in [0.29, 0.717) is 19.3 Å². The molecule has 0 spiro atoms. The molecule has 1 atom stereocenters. The molecule has 0 aliphatic carbocycles. The zero-order chi connectivity index (χ0) is 58.5. The fourth-order valence-corrected chi connectivity index (χ4v) is 11.4. The van der Waals surface area contributed by atoms with Crippen molar-refractivity contribution in [1.29, 1.82) is 0 Å². The SMILES string of the molecule is CCCCCCCCCC/C=C\CCCCCCCCCCCCCCCCCC(=O)OCC(COC(=O)CCCCCCCCCCCCC)OC(=O)CCCCCCCCCCCCCCC/C=C\CCCCCCCCCC. The van der Waals surface area contributed by atoms with E-state index in [1.165, 1.54) is 321 Å². The molecule has 1 unspecified atom stereocenters. The molecule has 81 heavy (non-hydrogen) atoms. The molecular formula is C75H142O6. The number of carbonyl (C=O) groups is 3. The van der Waals surface area contributed by atoms with E-state index in [0.717, 1.165) is 57.8 Å². The van der Waals surface area contributed by atoms with Crippen LogP contribution in [0, 0.1) is 0 Å². The molecular weight excluding hydrogens is 997 g/mol. The molecule has 0 aliphatic rings. The van der Waals surface area contributed by atoms with E-state index < -0.39 is 6.10 Å². The van der Waals surface area contributed by atoms with Gasteiger partial charge in [0.05, 0.1) is 0 Å². The number of carbonyl (C=O) groups excluding carboxylic acids is 3. The predicted octanol–water partition coefficient (Wildman–Crippen LogP) is 25.3. The lowest BCUT2D eigenvalue weighted by Crippen LogP contribution is -2.30. The fourth-order valence-electron chi connectivity index (χ4n) is 11.4. The van der Waals surface area contributed by atoms with E-state index in [1.54, 1.807) is 0 Å². The zero-order valence-corrected chi connectivity index (χ0v) is 55.1. The molecule has 0 saturated carbocycles. The summed E-state index contributed by atoms with van der Waals surface area (Å²) >= 11 is 0. The highest BCUT2D eigenvalue weighted by atomic mass is 16.6. The molecule has 0 aromatic carbocycles. The standard InChI is InChI=1S/C75H142O6/c1-4-7-10-13-16-19-22-24-26-28-30-32-34-36-37-39-40-42-44-46-48-50-53-56-59-62-65-68-74(77)80-71-72(70-79-73(76)67-64-61-58-55-52-21-18-15-12-9-6-3)81-75(78)69-66-63-60-57-54-51-49-47-45-43-41-38-35-33-31-29-27-25-23-20-17-14-11-8-5-2/h28-31,72H,4-27,32-71H2,1-3H3/b30-28-,31-29-. The first-order valence-corrected chi connectivity index (χ1v) is 36.8. The molecule has 0 radical (unpaired) electrons. The molecule has 0 bridgehead atoms. The van der Waals surface area contributed by atoms with Crippen LogP contribution >= 0.6 is 0 Å². The van der Waals surface area contributed by atoms with Crippen molar-refractivity contribution in [3.63, 3.8) is 0 Å². The lowest BCUT2D eigenvalue weighted by atomic mass is 10.0. The molecule has 0 aromatic rings. The quantitative estimate of drug-likeness (QED) is 0.0261. The summed E-state index contributed by atoms with van der Waals surface area (Å²) in [6, 6.07) is 0. The topological polar surface area (TPSA) is 78.9 Å². The van der Waals surface area contributed by atoms with Crippen LogP contribution in [0.1, 0.15) is 419 Å². The second-order valence-electron chi connectivity index (χ2n) is 25.2. The van der Waals surface area contributed by atoms with Crippen molar-refractivity contribution in [2.24, 2.45) is 0 Å². The van der Waals surface area contributed by atoms with Gasteiger partial charge in [-0.1, -0.05) is 353 Å². The third kappa shape index (κ3) is 68.6. The van der Waals surface area contributed by atoms with Gasteiger partial charge in [-0.15, -0.1) is 0 Å². The molecule has 0 aromatic heterocycles. The summed E-state index contributed by atoms with van der Waals surface area (Å²) in [6.07, 6.45) is 86.6. The average Bonchev–Trinajstić information content (AvgIpc) is 3.47. The van der Waals surface area contributed by atoms with E-state index >= 15 is 0 Å². The van der Waals surface area contributed by atoms with Gasteiger partial charge < -0.3 is 14.2 Å². The largest absolute Gasteiger partial charge is 0.462 e. The predicted molar refractivity (Wildman–Crippen MR) is 353 cm³/mol. The van der Waals surface area contributed by atoms with Crippen molar-refractivity contribution < 1.29 is 28.6 Å². The van der Waals surface area contributed by atoms with Crippen molar-refractivity contribution >= 4 is 17.9 Å². The van der Waals surface area contributed by atoms with Crippen LogP contribution in [0.3, 0.4) is 0 Å². The first-order chi connectivity index (χ1) is 40.0. The first kappa shape index (κ1) is 78.9. The molecule has 0 fully saturated rings. The minimum absolute atomic E-state index is 0.0648. The Morgan fingerprint density at radius 2 is 0.407 bits per heavy atom. The van der Waals surface area contributed by atoms with Crippen LogP contribution in [0.25, 0.3) is 0 Å². The van der Waals surface area contributed by atoms with Crippen molar-refractivity contribution in [3.05, 3.63) is 24.3 Å². The summed E-state index contributed by atoms with van der Waals surface area (Å²) < 4.78 is 17.0. The maximum atomic E-state index is 13.0. The summed E-state index contributed by atoms with van der Waals surface area (Å²) in [4.78, 5) is 38.4. The Bertz CT molecular complexity index is 1310. The van der Waals surface area contributed by atoms with Crippen molar-refractivity contribution in [2.45, 2.75) is 425 Å². The highest BCUT2D eigenvalue weighted by molar-refractivity contribution is 5.71. The van der Waals surface area contributed by atoms with Gasteiger partial charge in [0, 0.05) is 19.3 Å². The van der Waals surface area contributed by atoms with Crippen LogP contribution in [0.2, 0.25) is 0 Å². The third-order valence-electron chi connectivity index (χ3n) is 16.9. The number of esters is 3. The Balaban J connectivity index is 4.14. The molecule has 0 heterocycles. The summed E-state index contributed by atoms with van der Waals surface area (Å²) in [5.41, 5.74) is 0. The molecule has 0 aliphatic heterocycles. The Labute approximate surface area is 506 Å². The van der Waals surface area contributed by atoms with Gasteiger partial charge in [0.2, 0.25) is 0 Å². The number of rotatable bonds is 69. The number of unbranched alkanes of at least 4 members (excludes halogenated alkanes) is 54. The third-order valence-corrected chi connectivity index (χ3v) is 16.9. The molecule has 0 rings (SSSR count). The molecule has 0 saturated heterocycles. The van der Waals surface area contributed by atoms with Gasteiger partial charge >= 0.3 is 17.9 Å². The van der Waals surface area contributed by atoms with Crippen LogP contribution < -0.4 is 0 Å². The van der Waals surface area contributed by atoms with Crippen LogP contribution in [-0.2, 0) is 28.6 Å². The maximum Gasteiger partial charge on any atom is 0.306 e. The highest BCUT2D eigenvalue weighted by Crippen LogP contribution is 2.19. The van der Waals surface area contributed by atoms with E-state index in [-0.39, 0.29) is 31.1 Å². The lowest BCUT2D eigenvalue weighted by molar-refractivity contribution is -0.167. The molecule has 0 amide bonds. The van der Waals surface area contributed by atoms with Gasteiger partial charge in [-0.3, -0.25) is 14.4 Å². The molecule has 0 N–H and O–H groups in total. The van der Waals surface area contributed by atoms with Gasteiger partial charge in [-0.05, 0) is 70.6 Å². The van der Waals surface area contributed by atoms with Gasteiger partial charge in [-0.2, -0.15) is 0 Å². The molecule has 6 heteroatoms. The van der Waals surface area contributed by atoms with Gasteiger partial charge in [-0.25, -0.2) is 0 Å². The van der Waals surface area contributed by atoms with Crippen molar-refractivity contribution in [3.8, 4) is 0 Å². The summed E-state index contributed by atoms with van der Waals surface area (Å²) in [7, 11) is 0. The molecule has 478 valence electrons. The van der Waals surface area contributed by atoms with Gasteiger partial charge in [0.15, 0.2) is 6.10 Å². The first-order valence-electron chi connectivity index (χ1n) is 36.8. The summed E-state index contributed by atoms with van der Waals surface area (Å²) in [5, 5.41) is 0. The minimum atomic E-state index is -0.768. The fraction of sp³-hybridized carbons (Fsp3) is 0.907. The van der Waals surface area contributed by atoms with E-state index in [9.17, 15) is 14.4 Å². The van der Waals surface area contributed by atoms with Gasteiger partial charge in [0.25, 0.3) is 0 Å². The second kappa shape index (κ2) is 70.4. The minimum Gasteiger partial charge on any atom is -0.462 e. The van der Waals surface area contributed by atoms with E-state index in [2.05, 4.69) is 45.1 Å². The highest BCUT2D eigenvalue weighted by Gasteiger charge is 2.20. The Kier molecular flexibility index (Phi) is 68.5. The number of hydrogen-bond donors (Lipinski definition) is 0. The number of hydrogen-bond acceptors (Lipinski definition) is 6. The van der Waals surface area contributed by atoms with Gasteiger partial charge in [0.1, 0.15) is 13.2 Å². The normalized spacial score (nSPS) is 12.1. The Morgan fingerprint density at radius 3 is 0.617 bits per heavy atom. The smallest absolute Gasteiger partial charge is 0.306 e. The van der Waals surface area contributed by atoms with Crippen molar-refractivity contribution in [1.82, 2.24) is 0 Å².